The van der Waals surface area contributed by atoms with Gasteiger partial charge in [-0.05, 0) is 73.4 Å². The molecule has 2 aromatic heterocycles. The van der Waals surface area contributed by atoms with E-state index in [1.807, 2.05) is 37.4 Å². The van der Waals surface area contributed by atoms with Crippen LogP contribution in [-0.2, 0) is 17.6 Å². The van der Waals surface area contributed by atoms with E-state index < -0.39 is 0 Å². The maximum atomic E-state index is 13.0. The summed E-state index contributed by atoms with van der Waals surface area (Å²) in [5, 5.41) is 6.05. The summed E-state index contributed by atoms with van der Waals surface area (Å²) in [5.41, 5.74) is 7.65. The number of nitrogens with zero attached hydrogens (tertiary/aromatic N) is 1. The number of carbonyl (C=O) groups is 1. The first-order valence-electron chi connectivity index (χ1n) is 11.1. The van der Waals surface area contributed by atoms with Crippen LogP contribution in [-0.4, -0.2) is 21.6 Å². The van der Waals surface area contributed by atoms with Crippen LogP contribution in [0.5, 0.6) is 0 Å². The van der Waals surface area contributed by atoms with E-state index in [1.54, 1.807) is 0 Å². The Morgan fingerprint density at radius 2 is 1.97 bits per heavy atom. The zero-order valence-corrected chi connectivity index (χ0v) is 20.3. The van der Waals surface area contributed by atoms with Gasteiger partial charge in [-0.1, -0.05) is 42.1 Å². The van der Waals surface area contributed by atoms with Crippen molar-refractivity contribution >= 4 is 44.9 Å². The second-order valence-corrected chi connectivity index (χ2v) is 10.3. The Hall–Kier alpha value is -2.90. The van der Waals surface area contributed by atoms with Crippen LogP contribution in [0, 0.1) is 13.8 Å². The number of aromatic nitrogens is 2. The SMILES string of the molecule is Cc1cccc(NC(=O)CSc2nc3scc(-c4ccc5c(c4)CCCC5)c3c(=O)[nH]2)c1C. The second kappa shape index (κ2) is 9.15. The highest BCUT2D eigenvalue weighted by Crippen LogP contribution is 2.34. The molecule has 5 rings (SSSR count). The highest BCUT2D eigenvalue weighted by Gasteiger charge is 2.16. The number of nitrogens with one attached hydrogen (secondary N) is 2. The van der Waals surface area contributed by atoms with Gasteiger partial charge >= 0.3 is 0 Å². The lowest BCUT2D eigenvalue weighted by Gasteiger charge is -2.16. The number of fused-ring (bicyclic) bond motifs is 2. The monoisotopic (exact) mass is 475 g/mol. The van der Waals surface area contributed by atoms with Gasteiger partial charge in [-0.25, -0.2) is 4.98 Å². The Morgan fingerprint density at radius 1 is 1.15 bits per heavy atom. The largest absolute Gasteiger partial charge is 0.325 e. The minimum atomic E-state index is -0.161. The lowest BCUT2D eigenvalue weighted by Crippen LogP contribution is -2.16. The number of hydrogen-bond donors (Lipinski definition) is 2. The number of rotatable bonds is 5. The number of anilines is 1. The summed E-state index contributed by atoms with van der Waals surface area (Å²) < 4.78 is 0. The standard InChI is InChI=1S/C26H25N3O2S2/c1-15-6-5-9-21(16(15)2)27-22(30)14-33-26-28-24(31)23-20(13-32-25(23)29-26)19-11-10-17-7-3-4-8-18(17)12-19/h5-6,9-13H,3-4,7-8,14H2,1-2H3,(H,27,30)(H,28,29,31). The normalized spacial score (nSPS) is 13.2. The Bertz CT molecular complexity index is 1420. The quantitative estimate of drug-likeness (QED) is 0.279. The average molecular weight is 476 g/mol. The van der Waals surface area contributed by atoms with Gasteiger partial charge in [0.1, 0.15) is 4.83 Å². The van der Waals surface area contributed by atoms with Crippen LogP contribution in [0.2, 0.25) is 0 Å². The van der Waals surface area contributed by atoms with Crippen LogP contribution < -0.4 is 10.9 Å². The number of aromatic amines is 1. The van der Waals surface area contributed by atoms with Gasteiger partial charge in [-0.15, -0.1) is 11.3 Å². The highest BCUT2D eigenvalue weighted by atomic mass is 32.2. The summed E-state index contributed by atoms with van der Waals surface area (Å²) >= 11 is 2.71. The Kier molecular flexibility index (Phi) is 6.08. The molecule has 0 saturated heterocycles. The zero-order chi connectivity index (χ0) is 22.9. The minimum Gasteiger partial charge on any atom is -0.325 e. The summed E-state index contributed by atoms with van der Waals surface area (Å²) in [6.45, 7) is 4.01. The molecule has 0 radical (unpaired) electrons. The minimum absolute atomic E-state index is 0.127. The third-order valence-corrected chi connectivity index (χ3v) is 8.05. The number of H-pyrrole nitrogens is 1. The first-order chi connectivity index (χ1) is 16.0. The molecule has 4 aromatic rings. The Morgan fingerprint density at radius 3 is 2.82 bits per heavy atom. The van der Waals surface area contributed by atoms with E-state index in [0.717, 1.165) is 40.8 Å². The van der Waals surface area contributed by atoms with Gasteiger partial charge in [0.25, 0.3) is 5.56 Å². The van der Waals surface area contributed by atoms with Crippen molar-refractivity contribution in [2.45, 2.75) is 44.7 Å². The van der Waals surface area contributed by atoms with Crippen molar-refractivity contribution < 1.29 is 4.79 Å². The van der Waals surface area contributed by atoms with Crippen LogP contribution in [0.3, 0.4) is 0 Å². The summed E-state index contributed by atoms with van der Waals surface area (Å²) in [4.78, 5) is 33.6. The molecule has 2 heterocycles. The lowest BCUT2D eigenvalue weighted by atomic mass is 9.89. The smallest absolute Gasteiger partial charge is 0.260 e. The van der Waals surface area contributed by atoms with Gasteiger partial charge in [0.05, 0.1) is 11.1 Å². The predicted octanol–water partition coefficient (Wildman–Crippen LogP) is 5.88. The third-order valence-electron chi connectivity index (χ3n) is 6.30. The molecule has 1 aliphatic rings. The lowest BCUT2D eigenvalue weighted by molar-refractivity contribution is -0.113. The topological polar surface area (TPSA) is 74.8 Å². The number of hydrogen-bond acceptors (Lipinski definition) is 5. The van der Waals surface area contributed by atoms with E-state index >= 15 is 0 Å². The molecule has 0 atom stereocenters. The summed E-state index contributed by atoms with van der Waals surface area (Å²) in [5.74, 6) is 0.0441. The third kappa shape index (κ3) is 4.48. The highest BCUT2D eigenvalue weighted by molar-refractivity contribution is 7.99. The Labute approximate surface area is 200 Å². The molecule has 0 fully saturated rings. The number of carbonyl (C=O) groups excluding carboxylic acids is 1. The molecular weight excluding hydrogens is 450 g/mol. The van der Waals surface area contributed by atoms with Crippen LogP contribution in [0.15, 0.2) is 51.7 Å². The molecule has 5 nitrogen and oxygen atoms in total. The first-order valence-corrected chi connectivity index (χ1v) is 13.0. The number of thiophene rings is 1. The zero-order valence-electron chi connectivity index (χ0n) is 18.7. The van der Waals surface area contributed by atoms with E-state index in [0.29, 0.717) is 15.4 Å². The van der Waals surface area contributed by atoms with Gasteiger partial charge in [0.15, 0.2) is 5.16 Å². The molecule has 168 valence electrons. The fourth-order valence-corrected chi connectivity index (χ4v) is 5.98. The van der Waals surface area contributed by atoms with Crippen molar-refractivity contribution in [3.8, 4) is 11.1 Å². The van der Waals surface area contributed by atoms with Gasteiger partial charge in [0, 0.05) is 16.6 Å². The molecular formula is C26H25N3O2S2. The number of benzene rings is 2. The van der Waals surface area contributed by atoms with Crippen molar-refractivity contribution in [1.29, 1.82) is 0 Å². The number of amides is 1. The van der Waals surface area contributed by atoms with E-state index in [1.165, 1.54) is 47.1 Å². The van der Waals surface area contributed by atoms with Gasteiger partial charge < -0.3 is 10.3 Å². The molecule has 2 N–H and O–H groups in total. The molecule has 1 amide bonds. The summed E-state index contributed by atoms with van der Waals surface area (Å²) in [6, 6.07) is 12.4. The number of thioether (sulfide) groups is 1. The van der Waals surface area contributed by atoms with E-state index in [2.05, 4.69) is 33.5 Å². The molecule has 2 aromatic carbocycles. The molecule has 0 aliphatic heterocycles. The van der Waals surface area contributed by atoms with E-state index in [9.17, 15) is 9.59 Å². The average Bonchev–Trinajstić information content (AvgIpc) is 3.25. The maximum Gasteiger partial charge on any atom is 0.260 e. The number of aryl methyl sites for hydroxylation is 3. The maximum absolute atomic E-state index is 13.0. The van der Waals surface area contributed by atoms with Gasteiger partial charge in [-0.2, -0.15) is 0 Å². The van der Waals surface area contributed by atoms with Crippen LogP contribution >= 0.6 is 23.1 Å². The molecule has 0 saturated carbocycles. The van der Waals surface area contributed by atoms with Crippen molar-refractivity contribution in [3.63, 3.8) is 0 Å². The van der Waals surface area contributed by atoms with Crippen LogP contribution in [0.4, 0.5) is 5.69 Å². The van der Waals surface area contributed by atoms with Crippen LogP contribution in [0.25, 0.3) is 21.3 Å². The van der Waals surface area contributed by atoms with Crippen molar-refractivity contribution in [2.24, 2.45) is 0 Å². The molecule has 7 heteroatoms. The van der Waals surface area contributed by atoms with Crippen molar-refractivity contribution in [1.82, 2.24) is 9.97 Å². The van der Waals surface area contributed by atoms with Crippen molar-refractivity contribution in [3.05, 3.63) is 74.4 Å². The molecule has 0 bridgehead atoms. The van der Waals surface area contributed by atoms with E-state index in [4.69, 9.17) is 0 Å². The first kappa shape index (κ1) is 21.9. The fraction of sp³-hybridized carbons (Fsp3) is 0.269. The van der Waals surface area contributed by atoms with Crippen molar-refractivity contribution in [2.75, 3.05) is 11.1 Å². The molecule has 33 heavy (non-hydrogen) atoms. The molecule has 0 spiro atoms. The Balaban J connectivity index is 1.35. The van der Waals surface area contributed by atoms with Gasteiger partial charge in [0.2, 0.25) is 5.91 Å². The molecule has 0 unspecified atom stereocenters. The van der Waals surface area contributed by atoms with Gasteiger partial charge in [-0.3, -0.25) is 9.59 Å². The summed E-state index contributed by atoms with van der Waals surface area (Å²) in [7, 11) is 0. The molecule has 1 aliphatic carbocycles. The van der Waals surface area contributed by atoms with E-state index in [-0.39, 0.29) is 17.2 Å². The predicted molar refractivity (Wildman–Crippen MR) is 138 cm³/mol. The summed E-state index contributed by atoms with van der Waals surface area (Å²) in [6.07, 6.45) is 4.71. The van der Waals surface area contributed by atoms with Crippen LogP contribution in [0.1, 0.15) is 35.1 Å². The second-order valence-electron chi connectivity index (χ2n) is 8.48. The fourth-order valence-electron chi connectivity index (χ4n) is 4.32.